The zero-order valence-electron chi connectivity index (χ0n) is 7.95. The van der Waals surface area contributed by atoms with Crippen LogP contribution in [0.5, 0.6) is 0 Å². The largest absolute Gasteiger partial charge is 0.481 e. The Hall–Kier alpha value is -2.15. The summed E-state index contributed by atoms with van der Waals surface area (Å²) < 4.78 is 0. The minimum atomic E-state index is -2.45. The number of nitrogens with two attached hydrogens (primary N) is 1. The van der Waals surface area contributed by atoms with Gasteiger partial charge in [0.25, 0.3) is 0 Å². The van der Waals surface area contributed by atoms with Gasteiger partial charge in [-0.05, 0) is 6.08 Å². The van der Waals surface area contributed by atoms with E-state index in [1.165, 1.54) is 0 Å². The maximum absolute atomic E-state index is 11.0. The molecule has 7 heteroatoms. The highest BCUT2D eigenvalue weighted by atomic mass is 16.4. The van der Waals surface area contributed by atoms with Crippen LogP contribution < -0.4 is 5.73 Å². The third kappa shape index (κ3) is 1.57. The lowest BCUT2D eigenvalue weighted by Gasteiger charge is -2.31. The Morgan fingerprint density at radius 1 is 1.25 bits per heavy atom. The molecule has 1 aliphatic rings. The molecule has 0 aromatic heterocycles. The van der Waals surface area contributed by atoms with Crippen molar-refractivity contribution in [2.45, 2.75) is 5.54 Å². The van der Waals surface area contributed by atoms with Gasteiger partial charge in [-0.1, -0.05) is 12.2 Å². The van der Waals surface area contributed by atoms with Gasteiger partial charge in [0.05, 0.1) is 5.57 Å². The van der Waals surface area contributed by atoms with Crippen molar-refractivity contribution in [2.24, 2.45) is 11.7 Å². The first-order valence-electron chi connectivity index (χ1n) is 4.19. The number of carboxylic acid groups (broad SMARTS) is 3. The van der Waals surface area contributed by atoms with Crippen molar-refractivity contribution in [3.63, 3.8) is 0 Å². The summed E-state index contributed by atoms with van der Waals surface area (Å²) in [5, 5.41) is 26.5. The van der Waals surface area contributed by atoms with Crippen molar-refractivity contribution in [2.75, 3.05) is 0 Å². The molecule has 86 valence electrons. The highest BCUT2D eigenvalue weighted by Gasteiger charge is 2.51. The van der Waals surface area contributed by atoms with Gasteiger partial charge in [-0.15, -0.1) is 0 Å². The molecule has 2 atom stereocenters. The standard InChI is InChI=1S/C9H9NO6/c10-9(8(15)16)4(6(11)12)2-1-3-5(9)7(13)14/h1-4H,10H2,(H,11,12)(H,13,14)(H,15,16). The minimum Gasteiger partial charge on any atom is -0.481 e. The van der Waals surface area contributed by atoms with E-state index in [9.17, 15) is 14.4 Å². The summed E-state index contributed by atoms with van der Waals surface area (Å²) >= 11 is 0. The molecule has 0 aromatic rings. The van der Waals surface area contributed by atoms with Gasteiger partial charge in [0.15, 0.2) is 5.54 Å². The Balaban J connectivity index is 3.36. The van der Waals surface area contributed by atoms with Crippen LogP contribution in [-0.4, -0.2) is 38.8 Å². The lowest BCUT2D eigenvalue weighted by Crippen LogP contribution is -2.59. The van der Waals surface area contributed by atoms with Crippen LogP contribution in [0.15, 0.2) is 23.8 Å². The van der Waals surface area contributed by atoms with Gasteiger partial charge in [-0.25, -0.2) is 9.59 Å². The first-order chi connectivity index (χ1) is 7.31. The van der Waals surface area contributed by atoms with Crippen LogP contribution in [0.3, 0.4) is 0 Å². The first-order valence-corrected chi connectivity index (χ1v) is 4.19. The van der Waals surface area contributed by atoms with Crippen molar-refractivity contribution in [3.8, 4) is 0 Å². The molecule has 7 nitrogen and oxygen atoms in total. The van der Waals surface area contributed by atoms with Gasteiger partial charge in [-0.2, -0.15) is 0 Å². The van der Waals surface area contributed by atoms with E-state index in [1.54, 1.807) is 0 Å². The van der Waals surface area contributed by atoms with E-state index in [4.69, 9.17) is 21.1 Å². The summed E-state index contributed by atoms with van der Waals surface area (Å²) in [5.74, 6) is -6.35. The average Bonchev–Trinajstić information content (AvgIpc) is 2.16. The van der Waals surface area contributed by atoms with Gasteiger partial charge in [0.2, 0.25) is 0 Å². The fourth-order valence-electron chi connectivity index (χ4n) is 1.49. The molecule has 0 amide bonds. The molecule has 0 spiro atoms. The molecular weight excluding hydrogens is 218 g/mol. The van der Waals surface area contributed by atoms with Crippen LogP contribution in [0.2, 0.25) is 0 Å². The normalized spacial score (nSPS) is 28.3. The monoisotopic (exact) mass is 227 g/mol. The smallest absolute Gasteiger partial charge is 0.334 e. The van der Waals surface area contributed by atoms with Crippen LogP contribution in [0.25, 0.3) is 0 Å². The van der Waals surface area contributed by atoms with E-state index < -0.39 is 34.9 Å². The lowest BCUT2D eigenvalue weighted by atomic mass is 9.75. The Morgan fingerprint density at radius 3 is 2.19 bits per heavy atom. The molecule has 0 aromatic carbocycles. The van der Waals surface area contributed by atoms with E-state index in [2.05, 4.69) is 0 Å². The van der Waals surface area contributed by atoms with Gasteiger partial charge in [0, 0.05) is 0 Å². The number of hydrogen-bond donors (Lipinski definition) is 4. The number of aliphatic carboxylic acids is 3. The van der Waals surface area contributed by atoms with Gasteiger partial charge in [0.1, 0.15) is 5.92 Å². The first kappa shape index (κ1) is 11.9. The zero-order chi connectivity index (χ0) is 12.5. The number of carbonyl (C=O) groups is 3. The summed E-state index contributed by atoms with van der Waals surface area (Å²) in [6.07, 6.45) is 3.19. The second kappa shape index (κ2) is 3.78. The molecule has 1 aliphatic carbocycles. The van der Waals surface area contributed by atoms with Crippen molar-refractivity contribution in [3.05, 3.63) is 23.8 Å². The second-order valence-electron chi connectivity index (χ2n) is 3.26. The summed E-state index contributed by atoms with van der Waals surface area (Å²) in [6, 6.07) is 0. The fraction of sp³-hybridized carbons (Fsp3) is 0.222. The molecule has 2 unspecified atom stereocenters. The molecule has 0 bridgehead atoms. The van der Waals surface area contributed by atoms with Crippen molar-refractivity contribution >= 4 is 17.9 Å². The summed E-state index contributed by atoms with van der Waals surface area (Å²) in [4.78, 5) is 32.6. The van der Waals surface area contributed by atoms with E-state index in [-0.39, 0.29) is 0 Å². The molecule has 0 saturated heterocycles. The molecule has 0 aliphatic heterocycles. The van der Waals surface area contributed by atoms with Crippen LogP contribution >= 0.6 is 0 Å². The Morgan fingerprint density at radius 2 is 1.81 bits per heavy atom. The lowest BCUT2D eigenvalue weighted by molar-refractivity contribution is -0.153. The molecule has 0 radical (unpaired) electrons. The van der Waals surface area contributed by atoms with E-state index >= 15 is 0 Å². The maximum atomic E-state index is 11.0. The summed E-state index contributed by atoms with van der Waals surface area (Å²) in [5.41, 5.74) is 2.30. The Labute approximate surface area is 89.5 Å². The van der Waals surface area contributed by atoms with E-state index in [0.717, 1.165) is 18.2 Å². The topological polar surface area (TPSA) is 138 Å². The zero-order valence-corrected chi connectivity index (χ0v) is 7.95. The van der Waals surface area contributed by atoms with Crippen LogP contribution in [0.1, 0.15) is 0 Å². The molecule has 1 rings (SSSR count). The quantitative estimate of drug-likeness (QED) is 0.487. The number of carboxylic acids is 3. The highest BCUT2D eigenvalue weighted by Crippen LogP contribution is 2.29. The second-order valence-corrected chi connectivity index (χ2v) is 3.26. The minimum absolute atomic E-state index is 0.657. The fourth-order valence-corrected chi connectivity index (χ4v) is 1.49. The molecule has 0 heterocycles. The molecule has 5 N–H and O–H groups in total. The summed E-state index contributed by atoms with van der Waals surface area (Å²) in [7, 11) is 0. The van der Waals surface area contributed by atoms with Gasteiger partial charge >= 0.3 is 17.9 Å². The van der Waals surface area contributed by atoms with Gasteiger partial charge < -0.3 is 21.1 Å². The maximum Gasteiger partial charge on any atom is 0.334 e. The van der Waals surface area contributed by atoms with Gasteiger partial charge in [-0.3, -0.25) is 4.79 Å². The average molecular weight is 227 g/mol. The van der Waals surface area contributed by atoms with Crippen molar-refractivity contribution in [1.82, 2.24) is 0 Å². The Bertz CT molecular complexity index is 424. The predicted molar refractivity (Wildman–Crippen MR) is 50.5 cm³/mol. The third-order valence-corrected chi connectivity index (χ3v) is 2.35. The van der Waals surface area contributed by atoms with E-state index in [0.29, 0.717) is 0 Å². The SMILES string of the molecule is NC1(C(=O)O)C(C(=O)O)=CC=CC1C(=O)O. The van der Waals surface area contributed by atoms with Crippen molar-refractivity contribution < 1.29 is 29.7 Å². The number of allylic oxidation sites excluding steroid dienone is 2. The highest BCUT2D eigenvalue weighted by molar-refractivity contribution is 6.03. The van der Waals surface area contributed by atoms with Crippen LogP contribution in [0.4, 0.5) is 0 Å². The predicted octanol–water partition coefficient (Wildman–Crippen LogP) is -0.950. The van der Waals surface area contributed by atoms with Crippen molar-refractivity contribution in [1.29, 1.82) is 0 Å². The summed E-state index contributed by atoms with van der Waals surface area (Å²) in [6.45, 7) is 0. The Kier molecular flexibility index (Phi) is 2.82. The number of rotatable bonds is 3. The van der Waals surface area contributed by atoms with Crippen LogP contribution in [-0.2, 0) is 14.4 Å². The van der Waals surface area contributed by atoms with E-state index in [1.807, 2.05) is 0 Å². The third-order valence-electron chi connectivity index (χ3n) is 2.35. The van der Waals surface area contributed by atoms with Crippen LogP contribution in [0, 0.1) is 5.92 Å². The molecule has 16 heavy (non-hydrogen) atoms. The molecule has 0 saturated carbocycles. The molecular formula is C9H9NO6. The molecule has 0 fully saturated rings. The number of hydrogen-bond acceptors (Lipinski definition) is 4.